The summed E-state index contributed by atoms with van der Waals surface area (Å²) in [5.41, 5.74) is 0.292. The van der Waals surface area contributed by atoms with Crippen molar-refractivity contribution in [1.29, 1.82) is 0 Å². The fourth-order valence-electron chi connectivity index (χ4n) is 1.44. The summed E-state index contributed by atoms with van der Waals surface area (Å²) in [7, 11) is 3.47. The van der Waals surface area contributed by atoms with E-state index in [-0.39, 0.29) is 11.2 Å². The molecular weight excluding hydrogens is 200 g/mol. The number of rotatable bonds is 4. The van der Waals surface area contributed by atoms with Crippen molar-refractivity contribution < 1.29 is 8.78 Å². The van der Waals surface area contributed by atoms with E-state index in [0.29, 0.717) is 12.0 Å². The van der Waals surface area contributed by atoms with Crippen LogP contribution in [-0.2, 0) is 13.5 Å². The lowest BCUT2D eigenvalue weighted by Gasteiger charge is -2.23. The summed E-state index contributed by atoms with van der Waals surface area (Å²) in [4.78, 5) is 0. The monoisotopic (exact) mass is 217 g/mol. The van der Waals surface area contributed by atoms with Crippen molar-refractivity contribution in [2.75, 3.05) is 7.05 Å². The fourth-order valence-corrected chi connectivity index (χ4v) is 1.44. The Morgan fingerprint density at radius 2 is 2.13 bits per heavy atom. The third-order valence-electron chi connectivity index (χ3n) is 2.45. The topological polar surface area (TPSA) is 29.9 Å². The van der Waals surface area contributed by atoms with Gasteiger partial charge in [0.15, 0.2) is 0 Å². The molecule has 1 heterocycles. The SMILES string of the molecule is CNC(C)(C)Cc1cn(C)nc1C(F)F. The zero-order valence-electron chi connectivity index (χ0n) is 9.51. The second-order valence-electron chi connectivity index (χ2n) is 4.32. The Kier molecular flexibility index (Phi) is 3.44. The van der Waals surface area contributed by atoms with E-state index in [4.69, 9.17) is 0 Å². The van der Waals surface area contributed by atoms with Crippen molar-refractivity contribution in [2.45, 2.75) is 32.2 Å². The highest BCUT2D eigenvalue weighted by Crippen LogP contribution is 2.24. The van der Waals surface area contributed by atoms with Gasteiger partial charge in [-0.1, -0.05) is 0 Å². The molecular formula is C10H17F2N3. The van der Waals surface area contributed by atoms with Gasteiger partial charge in [0.1, 0.15) is 5.69 Å². The second kappa shape index (κ2) is 4.26. The van der Waals surface area contributed by atoms with Gasteiger partial charge in [0.05, 0.1) is 0 Å². The van der Waals surface area contributed by atoms with Crippen molar-refractivity contribution in [2.24, 2.45) is 7.05 Å². The molecule has 0 unspecified atom stereocenters. The van der Waals surface area contributed by atoms with Crippen molar-refractivity contribution >= 4 is 0 Å². The van der Waals surface area contributed by atoms with Crippen LogP contribution in [0.5, 0.6) is 0 Å². The van der Waals surface area contributed by atoms with Gasteiger partial charge in [-0.25, -0.2) is 8.78 Å². The molecule has 3 nitrogen and oxygen atoms in total. The minimum atomic E-state index is -2.51. The first-order valence-electron chi connectivity index (χ1n) is 4.85. The van der Waals surface area contributed by atoms with Crippen LogP contribution in [0, 0.1) is 0 Å². The van der Waals surface area contributed by atoms with E-state index in [0.717, 1.165) is 0 Å². The molecule has 15 heavy (non-hydrogen) atoms. The van der Waals surface area contributed by atoms with E-state index >= 15 is 0 Å². The number of hydrogen-bond acceptors (Lipinski definition) is 2. The lowest BCUT2D eigenvalue weighted by Crippen LogP contribution is -2.38. The first-order chi connectivity index (χ1) is 6.85. The molecule has 0 aliphatic rings. The van der Waals surface area contributed by atoms with E-state index < -0.39 is 6.43 Å². The van der Waals surface area contributed by atoms with Crippen molar-refractivity contribution in [3.05, 3.63) is 17.5 Å². The molecule has 0 fully saturated rings. The molecule has 0 saturated carbocycles. The molecule has 0 atom stereocenters. The van der Waals surface area contributed by atoms with E-state index in [1.807, 2.05) is 20.9 Å². The van der Waals surface area contributed by atoms with Gasteiger partial charge in [0.25, 0.3) is 6.43 Å². The fraction of sp³-hybridized carbons (Fsp3) is 0.700. The molecule has 1 aromatic heterocycles. The number of likely N-dealkylation sites (N-methyl/N-ethyl adjacent to an activating group) is 1. The average Bonchev–Trinajstić information content (AvgIpc) is 2.46. The molecule has 1 aromatic rings. The quantitative estimate of drug-likeness (QED) is 0.834. The maximum Gasteiger partial charge on any atom is 0.282 e. The van der Waals surface area contributed by atoms with Gasteiger partial charge in [0.2, 0.25) is 0 Å². The van der Waals surface area contributed by atoms with E-state index in [9.17, 15) is 8.78 Å². The van der Waals surface area contributed by atoms with Crippen LogP contribution < -0.4 is 5.32 Å². The summed E-state index contributed by atoms with van der Waals surface area (Å²) >= 11 is 0. The minimum Gasteiger partial charge on any atom is -0.314 e. The summed E-state index contributed by atoms with van der Waals surface area (Å²) in [5.74, 6) is 0. The first-order valence-corrected chi connectivity index (χ1v) is 4.85. The van der Waals surface area contributed by atoms with Crippen molar-refractivity contribution in [3.8, 4) is 0 Å². The van der Waals surface area contributed by atoms with Gasteiger partial charge in [-0.2, -0.15) is 5.10 Å². The van der Waals surface area contributed by atoms with Crippen LogP contribution in [0.15, 0.2) is 6.20 Å². The highest BCUT2D eigenvalue weighted by molar-refractivity contribution is 5.20. The van der Waals surface area contributed by atoms with E-state index in [2.05, 4.69) is 10.4 Å². The van der Waals surface area contributed by atoms with Gasteiger partial charge < -0.3 is 5.32 Å². The Bertz CT molecular complexity index is 331. The van der Waals surface area contributed by atoms with Crippen LogP contribution in [0.1, 0.15) is 31.5 Å². The van der Waals surface area contributed by atoms with Crippen LogP contribution in [0.2, 0.25) is 0 Å². The Balaban J connectivity index is 2.94. The summed E-state index contributed by atoms with van der Waals surface area (Å²) in [6, 6.07) is 0. The summed E-state index contributed by atoms with van der Waals surface area (Å²) in [6.45, 7) is 3.94. The number of halogens is 2. The second-order valence-corrected chi connectivity index (χ2v) is 4.32. The molecule has 86 valence electrons. The standard InChI is InChI=1S/C10H17F2N3/c1-10(2,13-3)5-7-6-15(4)14-8(7)9(11)12/h6,9,13H,5H2,1-4H3. The highest BCUT2D eigenvalue weighted by atomic mass is 19.3. The molecule has 0 aliphatic heterocycles. The first kappa shape index (κ1) is 12.1. The molecule has 0 aromatic carbocycles. The van der Waals surface area contributed by atoms with Crippen LogP contribution >= 0.6 is 0 Å². The van der Waals surface area contributed by atoms with E-state index in [1.54, 1.807) is 13.2 Å². The summed E-state index contributed by atoms with van der Waals surface area (Å²) < 4.78 is 26.7. The number of hydrogen-bond donors (Lipinski definition) is 1. The van der Waals surface area contributed by atoms with Crippen LogP contribution in [0.3, 0.4) is 0 Å². The molecule has 0 spiro atoms. The lowest BCUT2D eigenvalue weighted by atomic mass is 9.95. The van der Waals surface area contributed by atoms with Crippen LogP contribution in [-0.4, -0.2) is 22.4 Å². The van der Waals surface area contributed by atoms with Crippen molar-refractivity contribution in [1.82, 2.24) is 15.1 Å². The third kappa shape index (κ3) is 2.99. The zero-order chi connectivity index (χ0) is 11.6. The molecule has 0 bridgehead atoms. The Hall–Kier alpha value is -0.970. The van der Waals surface area contributed by atoms with Gasteiger partial charge >= 0.3 is 0 Å². The molecule has 1 rings (SSSR count). The summed E-state index contributed by atoms with van der Waals surface area (Å²) in [6.07, 6.45) is -0.314. The predicted molar refractivity (Wildman–Crippen MR) is 55.0 cm³/mol. The van der Waals surface area contributed by atoms with Gasteiger partial charge in [-0.3, -0.25) is 4.68 Å². The number of aryl methyl sites for hydroxylation is 1. The van der Waals surface area contributed by atoms with Gasteiger partial charge in [-0.05, 0) is 27.3 Å². The zero-order valence-corrected chi connectivity index (χ0v) is 9.51. The normalized spacial score (nSPS) is 12.5. The third-order valence-corrected chi connectivity index (χ3v) is 2.45. The van der Waals surface area contributed by atoms with Gasteiger partial charge in [-0.15, -0.1) is 0 Å². The highest BCUT2D eigenvalue weighted by Gasteiger charge is 2.23. The molecule has 0 aliphatic carbocycles. The Morgan fingerprint density at radius 3 is 2.60 bits per heavy atom. The Morgan fingerprint density at radius 1 is 1.53 bits per heavy atom. The molecule has 1 N–H and O–H groups in total. The number of alkyl halides is 2. The van der Waals surface area contributed by atoms with E-state index in [1.165, 1.54) is 4.68 Å². The molecule has 0 saturated heterocycles. The maximum atomic E-state index is 12.6. The predicted octanol–water partition coefficient (Wildman–Crippen LogP) is 1.90. The van der Waals surface area contributed by atoms with Crippen molar-refractivity contribution in [3.63, 3.8) is 0 Å². The van der Waals surface area contributed by atoms with Gasteiger partial charge in [0, 0.05) is 24.3 Å². The minimum absolute atomic E-state index is 0.110. The number of nitrogens with one attached hydrogen (secondary N) is 1. The lowest BCUT2D eigenvalue weighted by molar-refractivity contribution is 0.143. The molecule has 0 radical (unpaired) electrons. The summed E-state index contributed by atoms with van der Waals surface area (Å²) in [5, 5.41) is 6.85. The van der Waals surface area contributed by atoms with Crippen LogP contribution in [0.4, 0.5) is 8.78 Å². The number of aromatic nitrogens is 2. The Labute approximate surface area is 88.5 Å². The largest absolute Gasteiger partial charge is 0.314 e. The van der Waals surface area contributed by atoms with Crippen LogP contribution in [0.25, 0.3) is 0 Å². The smallest absolute Gasteiger partial charge is 0.282 e. The number of nitrogens with zero attached hydrogens (tertiary/aromatic N) is 2. The average molecular weight is 217 g/mol. The molecule has 5 heteroatoms. The molecule has 0 amide bonds. The maximum absolute atomic E-state index is 12.6.